The van der Waals surface area contributed by atoms with E-state index in [2.05, 4.69) is 9.72 Å². The van der Waals surface area contributed by atoms with Crippen molar-refractivity contribution in [2.45, 2.75) is 26.1 Å². The normalized spacial score (nSPS) is 12.7. The molecule has 0 aliphatic rings. The molecule has 0 unspecified atom stereocenters. The zero-order chi connectivity index (χ0) is 14.1. The molecule has 1 rings (SSSR count). The fourth-order valence-corrected chi connectivity index (χ4v) is 1.32. The molecular formula is C9H7F6NO2. The zero-order valence-corrected chi connectivity index (χ0v) is 8.85. The number of aliphatic hydroxyl groups excluding tert-OH is 1. The number of nitrogens with zero attached hydrogens (tertiary/aromatic N) is 1. The van der Waals surface area contributed by atoms with Crippen molar-refractivity contribution in [2.75, 3.05) is 0 Å². The molecule has 0 bridgehead atoms. The van der Waals surface area contributed by atoms with Gasteiger partial charge >= 0.3 is 12.5 Å². The van der Waals surface area contributed by atoms with Crippen molar-refractivity contribution in [1.82, 2.24) is 4.98 Å². The Bertz CT molecular complexity index is 440. The quantitative estimate of drug-likeness (QED) is 0.844. The van der Waals surface area contributed by atoms with Crippen LogP contribution in [0.3, 0.4) is 0 Å². The Kier molecular flexibility index (Phi) is 3.75. The van der Waals surface area contributed by atoms with Gasteiger partial charge in [0.25, 0.3) is 0 Å². The Morgan fingerprint density at radius 3 is 2.17 bits per heavy atom. The summed E-state index contributed by atoms with van der Waals surface area (Å²) in [6.07, 6.45) is -10.4. The monoisotopic (exact) mass is 275 g/mol. The number of halogens is 6. The van der Waals surface area contributed by atoms with Crippen molar-refractivity contribution in [2.24, 2.45) is 0 Å². The van der Waals surface area contributed by atoms with Crippen LogP contribution in [0.5, 0.6) is 5.88 Å². The molecule has 0 amide bonds. The lowest BCUT2D eigenvalue weighted by Gasteiger charge is -2.17. The van der Waals surface area contributed by atoms with Gasteiger partial charge in [0.1, 0.15) is 5.56 Å². The molecule has 0 atom stereocenters. The number of rotatable bonds is 2. The highest BCUT2D eigenvalue weighted by atomic mass is 19.4. The van der Waals surface area contributed by atoms with Crippen LogP contribution < -0.4 is 4.74 Å². The van der Waals surface area contributed by atoms with Crippen LogP contribution in [0.25, 0.3) is 0 Å². The SMILES string of the molecule is Cc1cc(CO)c(C(F)(F)F)c(OC(F)(F)F)n1. The Hall–Kier alpha value is -1.51. The van der Waals surface area contributed by atoms with E-state index in [9.17, 15) is 26.3 Å². The molecular weight excluding hydrogens is 268 g/mol. The van der Waals surface area contributed by atoms with Crippen molar-refractivity contribution >= 4 is 0 Å². The highest BCUT2D eigenvalue weighted by molar-refractivity contribution is 5.38. The van der Waals surface area contributed by atoms with Gasteiger partial charge in [-0.1, -0.05) is 0 Å². The Balaban J connectivity index is 3.43. The molecule has 102 valence electrons. The smallest absolute Gasteiger partial charge is 0.392 e. The molecule has 0 aliphatic carbocycles. The van der Waals surface area contributed by atoms with Gasteiger partial charge in [-0.05, 0) is 18.6 Å². The summed E-state index contributed by atoms with van der Waals surface area (Å²) < 4.78 is 77.0. The summed E-state index contributed by atoms with van der Waals surface area (Å²) in [6, 6.07) is 0.839. The molecule has 1 heterocycles. The maximum Gasteiger partial charge on any atom is 0.574 e. The van der Waals surface area contributed by atoms with E-state index in [4.69, 9.17) is 5.11 Å². The van der Waals surface area contributed by atoms with Crippen LogP contribution in [0.4, 0.5) is 26.3 Å². The van der Waals surface area contributed by atoms with E-state index in [0.717, 1.165) is 6.07 Å². The predicted octanol–water partition coefficient (Wildman–Crippen LogP) is 2.80. The minimum absolute atomic E-state index is 0.133. The number of aliphatic hydroxyl groups is 1. The number of alkyl halides is 6. The maximum atomic E-state index is 12.6. The molecule has 0 spiro atoms. The number of hydrogen-bond donors (Lipinski definition) is 1. The standard InChI is InChI=1S/C9H7F6NO2/c1-4-2-5(3-17)6(8(10,11)12)7(16-4)18-9(13,14)15/h2,17H,3H2,1H3. The van der Waals surface area contributed by atoms with Gasteiger partial charge in [-0.2, -0.15) is 13.2 Å². The first-order chi connectivity index (χ1) is 8.04. The molecule has 0 saturated heterocycles. The molecule has 1 aromatic heterocycles. The van der Waals surface area contributed by atoms with Crippen LogP contribution in [0.15, 0.2) is 6.07 Å². The van der Waals surface area contributed by atoms with Crippen LogP contribution in [0.2, 0.25) is 0 Å². The largest absolute Gasteiger partial charge is 0.574 e. The van der Waals surface area contributed by atoms with E-state index in [0.29, 0.717) is 0 Å². The summed E-state index contributed by atoms with van der Waals surface area (Å²) in [5, 5.41) is 8.76. The van der Waals surface area contributed by atoms with Crippen LogP contribution in [-0.2, 0) is 12.8 Å². The molecule has 0 radical (unpaired) electrons. The molecule has 0 saturated carbocycles. The van der Waals surface area contributed by atoms with Gasteiger partial charge < -0.3 is 9.84 Å². The second kappa shape index (κ2) is 4.63. The van der Waals surface area contributed by atoms with Crippen molar-refractivity contribution in [3.05, 3.63) is 22.9 Å². The summed E-state index contributed by atoms with van der Waals surface area (Å²) in [7, 11) is 0. The van der Waals surface area contributed by atoms with Gasteiger partial charge in [-0.3, -0.25) is 0 Å². The topological polar surface area (TPSA) is 42.4 Å². The molecule has 9 heteroatoms. The maximum absolute atomic E-state index is 12.6. The van der Waals surface area contributed by atoms with Crippen molar-refractivity contribution < 1.29 is 36.2 Å². The van der Waals surface area contributed by atoms with E-state index in [1.54, 1.807) is 0 Å². The number of pyridine rings is 1. The molecule has 3 nitrogen and oxygen atoms in total. The molecule has 0 aliphatic heterocycles. The van der Waals surface area contributed by atoms with Gasteiger partial charge in [0, 0.05) is 5.69 Å². The van der Waals surface area contributed by atoms with Gasteiger partial charge in [0.15, 0.2) is 0 Å². The average molecular weight is 275 g/mol. The third-order valence-corrected chi connectivity index (χ3v) is 1.86. The first kappa shape index (κ1) is 14.6. The molecule has 0 aromatic carbocycles. The number of ether oxygens (including phenoxy) is 1. The first-order valence-electron chi connectivity index (χ1n) is 4.49. The van der Waals surface area contributed by atoms with Crippen LogP contribution in [0.1, 0.15) is 16.8 Å². The minimum atomic E-state index is -5.30. The van der Waals surface area contributed by atoms with Crippen molar-refractivity contribution in [3.63, 3.8) is 0 Å². The Morgan fingerprint density at radius 1 is 1.22 bits per heavy atom. The highest BCUT2D eigenvalue weighted by Gasteiger charge is 2.42. The number of aryl methyl sites for hydroxylation is 1. The number of aromatic nitrogens is 1. The zero-order valence-electron chi connectivity index (χ0n) is 8.85. The van der Waals surface area contributed by atoms with Gasteiger partial charge in [0.05, 0.1) is 6.61 Å². The minimum Gasteiger partial charge on any atom is -0.392 e. The lowest BCUT2D eigenvalue weighted by molar-refractivity contribution is -0.278. The van der Waals surface area contributed by atoms with Gasteiger partial charge in [0.2, 0.25) is 5.88 Å². The summed E-state index contributed by atoms with van der Waals surface area (Å²) >= 11 is 0. The van der Waals surface area contributed by atoms with Crippen LogP contribution in [-0.4, -0.2) is 16.5 Å². The van der Waals surface area contributed by atoms with E-state index < -0.39 is 36.2 Å². The van der Waals surface area contributed by atoms with Gasteiger partial charge in [-0.15, -0.1) is 13.2 Å². The fourth-order valence-electron chi connectivity index (χ4n) is 1.32. The molecule has 0 fully saturated rings. The van der Waals surface area contributed by atoms with Gasteiger partial charge in [-0.25, -0.2) is 4.98 Å². The number of hydrogen-bond acceptors (Lipinski definition) is 3. The summed E-state index contributed by atoms with van der Waals surface area (Å²) in [5.41, 5.74) is -2.59. The second-order valence-corrected chi connectivity index (χ2v) is 3.31. The van der Waals surface area contributed by atoms with E-state index >= 15 is 0 Å². The molecule has 1 aromatic rings. The highest BCUT2D eigenvalue weighted by Crippen LogP contribution is 2.39. The second-order valence-electron chi connectivity index (χ2n) is 3.31. The van der Waals surface area contributed by atoms with E-state index in [-0.39, 0.29) is 5.69 Å². The fraction of sp³-hybridized carbons (Fsp3) is 0.444. The Labute approximate surface area is 97.0 Å². The lowest BCUT2D eigenvalue weighted by atomic mass is 10.1. The third kappa shape index (κ3) is 3.49. The first-order valence-corrected chi connectivity index (χ1v) is 4.49. The van der Waals surface area contributed by atoms with E-state index in [1.807, 2.05) is 0 Å². The summed E-state index contributed by atoms with van der Waals surface area (Å²) in [6.45, 7) is 0.106. The average Bonchev–Trinajstić information content (AvgIpc) is 2.11. The van der Waals surface area contributed by atoms with Crippen molar-refractivity contribution in [3.8, 4) is 5.88 Å². The van der Waals surface area contributed by atoms with Crippen LogP contribution in [0, 0.1) is 6.92 Å². The molecule has 1 N–H and O–H groups in total. The summed E-state index contributed by atoms with van der Waals surface area (Å²) in [5.74, 6) is -1.61. The molecule has 18 heavy (non-hydrogen) atoms. The van der Waals surface area contributed by atoms with Crippen LogP contribution >= 0.6 is 0 Å². The van der Waals surface area contributed by atoms with E-state index in [1.165, 1.54) is 6.92 Å². The predicted molar refractivity (Wildman–Crippen MR) is 46.6 cm³/mol. The van der Waals surface area contributed by atoms with Crippen molar-refractivity contribution in [1.29, 1.82) is 0 Å². The summed E-state index contributed by atoms with van der Waals surface area (Å²) in [4.78, 5) is 3.06. The Morgan fingerprint density at radius 2 is 1.78 bits per heavy atom. The lowest BCUT2D eigenvalue weighted by Crippen LogP contribution is -2.22. The third-order valence-electron chi connectivity index (χ3n) is 1.86.